The molecule has 2 saturated heterocycles. The van der Waals surface area contributed by atoms with E-state index in [9.17, 15) is 17.6 Å². The maximum absolute atomic E-state index is 12.9. The summed E-state index contributed by atoms with van der Waals surface area (Å²) in [5, 5.41) is 0. The van der Waals surface area contributed by atoms with Crippen molar-refractivity contribution in [3.63, 3.8) is 0 Å². The molecule has 0 spiro atoms. The molecule has 2 fully saturated rings. The third kappa shape index (κ3) is 5.13. The number of benzene rings is 1. The lowest BCUT2D eigenvalue weighted by molar-refractivity contribution is -0.125. The highest BCUT2D eigenvalue weighted by atomic mass is 32.2. The lowest BCUT2D eigenvalue weighted by atomic mass is 10.1. The van der Waals surface area contributed by atoms with Gasteiger partial charge in [-0.3, -0.25) is 4.79 Å². The number of hydrogen-bond donors (Lipinski definition) is 0. The SMILES string of the molecule is CC1CCCN1S(=O)(=O)N1CCC(OCC(=O)Cc2ccc(F)cc2)CC1. The molecule has 0 aromatic heterocycles. The van der Waals surface area contributed by atoms with E-state index in [1.807, 2.05) is 6.92 Å². The molecule has 8 heteroatoms. The number of ketones is 1. The Hall–Kier alpha value is -1.35. The Morgan fingerprint density at radius 1 is 1.15 bits per heavy atom. The highest BCUT2D eigenvalue weighted by Crippen LogP contribution is 2.25. The zero-order chi connectivity index (χ0) is 19.4. The average molecular weight is 399 g/mol. The second kappa shape index (κ2) is 8.77. The van der Waals surface area contributed by atoms with E-state index >= 15 is 0 Å². The fourth-order valence-electron chi connectivity index (χ4n) is 3.72. The summed E-state index contributed by atoms with van der Waals surface area (Å²) in [6.45, 7) is 3.38. The molecular formula is C19H27FN2O4S. The molecule has 0 N–H and O–H groups in total. The molecule has 1 aromatic carbocycles. The Balaban J connectivity index is 1.43. The number of hydrogen-bond acceptors (Lipinski definition) is 4. The molecule has 0 bridgehead atoms. The molecule has 0 amide bonds. The zero-order valence-corrected chi connectivity index (χ0v) is 16.5. The van der Waals surface area contributed by atoms with E-state index in [0.29, 0.717) is 32.5 Å². The molecule has 1 atom stereocenters. The van der Waals surface area contributed by atoms with E-state index in [0.717, 1.165) is 18.4 Å². The van der Waals surface area contributed by atoms with Crippen LogP contribution in [0.15, 0.2) is 24.3 Å². The quantitative estimate of drug-likeness (QED) is 0.706. The summed E-state index contributed by atoms with van der Waals surface area (Å²) in [5.74, 6) is -0.393. The number of halogens is 1. The third-order valence-electron chi connectivity index (χ3n) is 5.31. The molecule has 2 heterocycles. The summed E-state index contributed by atoms with van der Waals surface area (Å²) in [6, 6.07) is 5.92. The largest absolute Gasteiger partial charge is 0.370 e. The lowest BCUT2D eigenvalue weighted by Crippen LogP contribution is -2.49. The first-order valence-electron chi connectivity index (χ1n) is 9.51. The van der Waals surface area contributed by atoms with Crippen LogP contribution in [-0.4, -0.2) is 61.2 Å². The van der Waals surface area contributed by atoms with Gasteiger partial charge in [-0.1, -0.05) is 12.1 Å². The first-order valence-corrected chi connectivity index (χ1v) is 10.9. The normalized spacial score (nSPS) is 23.0. The molecule has 3 rings (SSSR count). The number of Topliss-reactive ketones (excluding diaryl/α,β-unsaturated/α-hetero) is 1. The van der Waals surface area contributed by atoms with E-state index in [-0.39, 0.29) is 36.8 Å². The van der Waals surface area contributed by atoms with Crippen molar-refractivity contribution in [2.45, 2.75) is 51.2 Å². The first kappa shape index (κ1) is 20.4. The number of nitrogens with zero attached hydrogens (tertiary/aromatic N) is 2. The van der Waals surface area contributed by atoms with Gasteiger partial charge in [-0.2, -0.15) is 17.0 Å². The number of carbonyl (C=O) groups excluding carboxylic acids is 1. The molecule has 27 heavy (non-hydrogen) atoms. The predicted octanol–water partition coefficient (Wildman–Crippen LogP) is 2.15. The van der Waals surface area contributed by atoms with Gasteiger partial charge < -0.3 is 4.74 Å². The molecule has 150 valence electrons. The Labute approximate surface area is 160 Å². The van der Waals surface area contributed by atoms with Gasteiger partial charge in [-0.25, -0.2) is 4.39 Å². The van der Waals surface area contributed by atoms with Gasteiger partial charge in [0.25, 0.3) is 10.2 Å². The van der Waals surface area contributed by atoms with Crippen LogP contribution in [0.25, 0.3) is 0 Å². The maximum atomic E-state index is 12.9. The van der Waals surface area contributed by atoms with Crippen molar-refractivity contribution in [1.82, 2.24) is 8.61 Å². The highest BCUT2D eigenvalue weighted by Gasteiger charge is 2.37. The summed E-state index contributed by atoms with van der Waals surface area (Å²) in [6.07, 6.45) is 3.10. The zero-order valence-electron chi connectivity index (χ0n) is 15.6. The molecule has 1 aromatic rings. The van der Waals surface area contributed by atoms with Crippen LogP contribution in [-0.2, 0) is 26.2 Å². The van der Waals surface area contributed by atoms with Crippen LogP contribution in [0.5, 0.6) is 0 Å². The minimum absolute atomic E-state index is 0.00203. The maximum Gasteiger partial charge on any atom is 0.282 e. The van der Waals surface area contributed by atoms with E-state index in [4.69, 9.17) is 4.74 Å². The van der Waals surface area contributed by atoms with Crippen molar-refractivity contribution >= 4 is 16.0 Å². The highest BCUT2D eigenvalue weighted by molar-refractivity contribution is 7.86. The van der Waals surface area contributed by atoms with Crippen molar-refractivity contribution in [3.05, 3.63) is 35.6 Å². The van der Waals surface area contributed by atoms with Gasteiger partial charge in [0.05, 0.1) is 6.10 Å². The molecule has 2 aliphatic rings. The van der Waals surface area contributed by atoms with Gasteiger partial charge in [0.2, 0.25) is 0 Å². The van der Waals surface area contributed by atoms with Crippen LogP contribution in [0.4, 0.5) is 4.39 Å². The molecular weight excluding hydrogens is 371 g/mol. The van der Waals surface area contributed by atoms with Crippen molar-refractivity contribution in [2.24, 2.45) is 0 Å². The van der Waals surface area contributed by atoms with Crippen LogP contribution in [0.2, 0.25) is 0 Å². The Kier molecular flexibility index (Phi) is 6.62. The van der Waals surface area contributed by atoms with Gasteiger partial charge in [-0.15, -0.1) is 0 Å². The summed E-state index contributed by atoms with van der Waals surface area (Å²) in [4.78, 5) is 12.0. The van der Waals surface area contributed by atoms with Crippen molar-refractivity contribution in [3.8, 4) is 0 Å². The predicted molar refractivity (Wildman–Crippen MR) is 100.0 cm³/mol. The van der Waals surface area contributed by atoms with Crippen LogP contribution >= 0.6 is 0 Å². The second-order valence-electron chi connectivity index (χ2n) is 7.36. The molecule has 2 aliphatic heterocycles. The summed E-state index contributed by atoms with van der Waals surface area (Å²) in [7, 11) is -3.40. The van der Waals surface area contributed by atoms with Gasteiger partial charge in [0.15, 0.2) is 5.78 Å². The fourth-order valence-corrected chi connectivity index (χ4v) is 5.61. The van der Waals surface area contributed by atoms with Crippen molar-refractivity contribution < 1.29 is 22.3 Å². The van der Waals surface area contributed by atoms with Gasteiger partial charge in [0, 0.05) is 32.1 Å². The van der Waals surface area contributed by atoms with Gasteiger partial charge in [-0.05, 0) is 50.3 Å². The topological polar surface area (TPSA) is 66.9 Å². The summed E-state index contributed by atoms with van der Waals surface area (Å²) >= 11 is 0. The number of carbonyl (C=O) groups is 1. The Morgan fingerprint density at radius 2 is 1.81 bits per heavy atom. The molecule has 0 aliphatic carbocycles. The molecule has 0 radical (unpaired) electrons. The number of rotatable bonds is 7. The summed E-state index contributed by atoms with van der Waals surface area (Å²) in [5.41, 5.74) is 0.755. The van der Waals surface area contributed by atoms with Crippen LogP contribution in [0.1, 0.15) is 38.2 Å². The lowest BCUT2D eigenvalue weighted by Gasteiger charge is -2.34. The van der Waals surface area contributed by atoms with E-state index < -0.39 is 10.2 Å². The first-order chi connectivity index (χ1) is 12.9. The minimum atomic E-state index is -3.40. The van der Waals surface area contributed by atoms with E-state index in [1.165, 1.54) is 16.4 Å². The van der Waals surface area contributed by atoms with Crippen LogP contribution in [0.3, 0.4) is 0 Å². The standard InChI is InChI=1S/C19H27FN2O4S/c1-15-3-2-10-22(15)27(24,25)21-11-8-19(9-12-21)26-14-18(23)13-16-4-6-17(20)7-5-16/h4-7,15,19H,2-3,8-14H2,1H3. The number of ether oxygens (including phenoxy) is 1. The third-order valence-corrected chi connectivity index (χ3v) is 7.46. The van der Waals surface area contributed by atoms with Gasteiger partial charge >= 0.3 is 0 Å². The van der Waals surface area contributed by atoms with E-state index in [2.05, 4.69) is 0 Å². The van der Waals surface area contributed by atoms with Gasteiger partial charge in [0.1, 0.15) is 12.4 Å². The molecule has 6 nitrogen and oxygen atoms in total. The molecule has 0 saturated carbocycles. The monoisotopic (exact) mass is 398 g/mol. The Morgan fingerprint density at radius 3 is 2.41 bits per heavy atom. The Bertz CT molecular complexity index is 745. The van der Waals surface area contributed by atoms with Crippen LogP contribution in [0, 0.1) is 5.82 Å². The smallest absolute Gasteiger partial charge is 0.282 e. The van der Waals surface area contributed by atoms with E-state index in [1.54, 1.807) is 16.4 Å². The molecule has 1 unspecified atom stereocenters. The second-order valence-corrected chi connectivity index (χ2v) is 9.24. The minimum Gasteiger partial charge on any atom is -0.370 e. The fraction of sp³-hybridized carbons (Fsp3) is 0.632. The van der Waals surface area contributed by atoms with Crippen LogP contribution < -0.4 is 0 Å². The summed E-state index contributed by atoms with van der Waals surface area (Å²) < 4.78 is 47.2. The van der Waals surface area contributed by atoms with Crippen molar-refractivity contribution in [1.29, 1.82) is 0 Å². The number of piperidine rings is 1. The van der Waals surface area contributed by atoms with Crippen molar-refractivity contribution in [2.75, 3.05) is 26.2 Å². The average Bonchev–Trinajstić information content (AvgIpc) is 3.09.